The molecular formula is C23H43N3O4. The summed E-state index contributed by atoms with van der Waals surface area (Å²) in [6.45, 7) is 15.5. The second-order valence-electron chi connectivity index (χ2n) is 10.7. The number of amides is 2. The minimum Gasteiger partial charge on any atom is -0.444 e. The number of piperidine rings is 1. The summed E-state index contributed by atoms with van der Waals surface area (Å²) in [6.07, 6.45) is 5.53. The molecule has 174 valence electrons. The molecule has 7 nitrogen and oxygen atoms in total. The molecule has 2 fully saturated rings. The minimum absolute atomic E-state index is 0.219. The SMILES string of the molecule is CC(C)(C)OC(=O)N(CCCCN(C(=O)OC(C)(C)C)C1CC1)CC1CCNCC1. The van der Waals surface area contributed by atoms with Crippen molar-refractivity contribution in [2.24, 2.45) is 5.92 Å². The highest BCUT2D eigenvalue weighted by Crippen LogP contribution is 2.28. The summed E-state index contributed by atoms with van der Waals surface area (Å²) in [5.41, 5.74) is -0.977. The van der Waals surface area contributed by atoms with Crippen molar-refractivity contribution in [3.05, 3.63) is 0 Å². The van der Waals surface area contributed by atoms with E-state index in [4.69, 9.17) is 9.47 Å². The van der Waals surface area contributed by atoms with Gasteiger partial charge in [0.2, 0.25) is 0 Å². The van der Waals surface area contributed by atoms with E-state index < -0.39 is 11.2 Å². The fraction of sp³-hybridized carbons (Fsp3) is 0.913. The number of carbonyl (C=O) groups is 2. The molecule has 30 heavy (non-hydrogen) atoms. The number of nitrogens with zero attached hydrogens (tertiary/aromatic N) is 2. The number of carbonyl (C=O) groups excluding carboxylic acids is 2. The van der Waals surface area contributed by atoms with Gasteiger partial charge in [-0.15, -0.1) is 0 Å². The molecule has 0 aromatic rings. The maximum atomic E-state index is 12.7. The third kappa shape index (κ3) is 9.54. The van der Waals surface area contributed by atoms with Gasteiger partial charge in [-0.25, -0.2) is 9.59 Å². The molecule has 0 unspecified atom stereocenters. The number of nitrogens with one attached hydrogen (secondary N) is 1. The highest BCUT2D eigenvalue weighted by molar-refractivity contribution is 5.69. The number of ether oxygens (including phenoxy) is 2. The molecule has 0 bridgehead atoms. The number of hydrogen-bond acceptors (Lipinski definition) is 5. The van der Waals surface area contributed by atoms with E-state index >= 15 is 0 Å². The molecule has 1 heterocycles. The molecule has 1 aliphatic carbocycles. The van der Waals surface area contributed by atoms with Gasteiger partial charge in [0.1, 0.15) is 11.2 Å². The van der Waals surface area contributed by atoms with Gasteiger partial charge in [0.25, 0.3) is 0 Å². The van der Waals surface area contributed by atoms with Crippen LogP contribution in [-0.2, 0) is 9.47 Å². The summed E-state index contributed by atoms with van der Waals surface area (Å²) in [5, 5.41) is 3.38. The Kier molecular flexibility index (Phi) is 8.83. The molecule has 2 amide bonds. The first-order valence-corrected chi connectivity index (χ1v) is 11.6. The Labute approximate surface area is 182 Å². The van der Waals surface area contributed by atoms with Crippen molar-refractivity contribution in [3.63, 3.8) is 0 Å². The van der Waals surface area contributed by atoms with Gasteiger partial charge in [-0.2, -0.15) is 0 Å². The monoisotopic (exact) mass is 425 g/mol. The largest absolute Gasteiger partial charge is 0.444 e. The summed E-state index contributed by atoms with van der Waals surface area (Å²) in [7, 11) is 0. The molecular weight excluding hydrogens is 382 g/mol. The second-order valence-corrected chi connectivity index (χ2v) is 10.7. The fourth-order valence-corrected chi connectivity index (χ4v) is 3.67. The van der Waals surface area contributed by atoms with Crippen molar-refractivity contribution in [3.8, 4) is 0 Å². The molecule has 1 aliphatic heterocycles. The van der Waals surface area contributed by atoms with Crippen LogP contribution in [0.15, 0.2) is 0 Å². The van der Waals surface area contributed by atoms with Crippen LogP contribution in [0.5, 0.6) is 0 Å². The zero-order chi connectivity index (χ0) is 22.4. The zero-order valence-corrected chi connectivity index (χ0v) is 20.0. The molecule has 7 heteroatoms. The third-order valence-electron chi connectivity index (χ3n) is 5.28. The van der Waals surface area contributed by atoms with Crippen molar-refractivity contribution < 1.29 is 19.1 Å². The average Bonchev–Trinajstić information content (AvgIpc) is 3.43. The summed E-state index contributed by atoms with van der Waals surface area (Å²) in [4.78, 5) is 29.0. The van der Waals surface area contributed by atoms with Crippen LogP contribution in [0.1, 0.15) is 80.1 Å². The number of hydrogen-bond donors (Lipinski definition) is 1. The van der Waals surface area contributed by atoms with Crippen molar-refractivity contribution in [2.45, 2.75) is 97.3 Å². The molecule has 0 atom stereocenters. The number of unbranched alkanes of at least 4 members (excludes halogenated alkanes) is 1. The highest BCUT2D eigenvalue weighted by atomic mass is 16.6. The molecule has 2 aliphatic rings. The van der Waals surface area contributed by atoms with Crippen LogP contribution in [0, 0.1) is 5.92 Å². The van der Waals surface area contributed by atoms with Gasteiger partial charge >= 0.3 is 12.2 Å². The lowest BCUT2D eigenvalue weighted by Crippen LogP contribution is -2.42. The van der Waals surface area contributed by atoms with Crippen molar-refractivity contribution in [1.29, 1.82) is 0 Å². The first-order chi connectivity index (χ1) is 13.9. The van der Waals surface area contributed by atoms with E-state index in [1.165, 1.54) is 0 Å². The summed E-state index contributed by atoms with van der Waals surface area (Å²) < 4.78 is 11.2. The Bertz CT molecular complexity index is 558. The van der Waals surface area contributed by atoms with Gasteiger partial charge in [0.05, 0.1) is 0 Å². The molecule has 0 aromatic carbocycles. The average molecular weight is 426 g/mol. The predicted molar refractivity (Wildman–Crippen MR) is 119 cm³/mol. The lowest BCUT2D eigenvalue weighted by atomic mass is 9.97. The van der Waals surface area contributed by atoms with Crippen LogP contribution in [-0.4, -0.2) is 72.0 Å². The quantitative estimate of drug-likeness (QED) is 0.584. The molecule has 1 saturated heterocycles. The van der Waals surface area contributed by atoms with E-state index in [0.717, 1.165) is 58.2 Å². The summed E-state index contributed by atoms with van der Waals surface area (Å²) in [5.74, 6) is 0.517. The zero-order valence-electron chi connectivity index (χ0n) is 20.0. The van der Waals surface area contributed by atoms with Gasteiger partial charge in [0, 0.05) is 25.7 Å². The Morgan fingerprint density at radius 2 is 1.37 bits per heavy atom. The van der Waals surface area contributed by atoms with Crippen LogP contribution in [0.3, 0.4) is 0 Å². The van der Waals surface area contributed by atoms with Crippen LogP contribution in [0.4, 0.5) is 9.59 Å². The highest BCUT2D eigenvalue weighted by Gasteiger charge is 2.35. The first-order valence-electron chi connectivity index (χ1n) is 11.6. The van der Waals surface area contributed by atoms with Crippen LogP contribution in [0.25, 0.3) is 0 Å². The maximum absolute atomic E-state index is 12.7. The fourth-order valence-electron chi connectivity index (χ4n) is 3.67. The predicted octanol–water partition coefficient (Wildman–Crippen LogP) is 4.40. The van der Waals surface area contributed by atoms with Gasteiger partial charge in [0.15, 0.2) is 0 Å². The second kappa shape index (κ2) is 10.7. The van der Waals surface area contributed by atoms with Gasteiger partial charge in [-0.1, -0.05) is 0 Å². The van der Waals surface area contributed by atoms with Gasteiger partial charge < -0.3 is 24.6 Å². The van der Waals surface area contributed by atoms with Crippen LogP contribution >= 0.6 is 0 Å². The van der Waals surface area contributed by atoms with E-state index in [0.29, 0.717) is 25.0 Å². The van der Waals surface area contributed by atoms with Crippen LogP contribution < -0.4 is 5.32 Å². The Hall–Kier alpha value is -1.50. The topological polar surface area (TPSA) is 71.1 Å². The van der Waals surface area contributed by atoms with E-state index in [1.54, 1.807) is 0 Å². The van der Waals surface area contributed by atoms with E-state index in [1.807, 2.05) is 51.3 Å². The Morgan fingerprint density at radius 3 is 1.90 bits per heavy atom. The van der Waals surface area contributed by atoms with Gasteiger partial charge in [-0.3, -0.25) is 0 Å². The van der Waals surface area contributed by atoms with Crippen LogP contribution in [0.2, 0.25) is 0 Å². The van der Waals surface area contributed by atoms with E-state index in [2.05, 4.69) is 5.32 Å². The summed E-state index contributed by atoms with van der Waals surface area (Å²) in [6, 6.07) is 0.316. The van der Waals surface area contributed by atoms with Crippen molar-refractivity contribution in [1.82, 2.24) is 15.1 Å². The van der Waals surface area contributed by atoms with E-state index in [-0.39, 0.29) is 12.2 Å². The first kappa shape index (κ1) is 24.8. The molecule has 0 aromatic heterocycles. The van der Waals surface area contributed by atoms with E-state index in [9.17, 15) is 9.59 Å². The molecule has 0 radical (unpaired) electrons. The lowest BCUT2D eigenvalue weighted by molar-refractivity contribution is 0.0178. The molecule has 2 rings (SSSR count). The standard InChI is InChI=1S/C23H43N3O4/c1-22(2,3)29-20(27)25(17-18-11-13-24-14-12-18)15-7-8-16-26(19-9-10-19)21(28)30-23(4,5)6/h18-19,24H,7-17H2,1-6H3. The Morgan fingerprint density at radius 1 is 0.833 bits per heavy atom. The maximum Gasteiger partial charge on any atom is 0.410 e. The number of rotatable bonds is 8. The molecule has 0 spiro atoms. The lowest BCUT2D eigenvalue weighted by Gasteiger charge is -2.32. The minimum atomic E-state index is -0.497. The van der Waals surface area contributed by atoms with Crippen molar-refractivity contribution >= 4 is 12.2 Å². The molecule has 1 N–H and O–H groups in total. The Balaban J connectivity index is 1.85. The van der Waals surface area contributed by atoms with Gasteiger partial charge in [-0.05, 0) is 99.1 Å². The van der Waals surface area contributed by atoms with Crippen molar-refractivity contribution in [2.75, 3.05) is 32.7 Å². The normalized spacial score (nSPS) is 18.1. The summed E-state index contributed by atoms with van der Waals surface area (Å²) >= 11 is 0. The third-order valence-corrected chi connectivity index (χ3v) is 5.28. The smallest absolute Gasteiger partial charge is 0.410 e. The molecule has 1 saturated carbocycles.